The van der Waals surface area contributed by atoms with Gasteiger partial charge < -0.3 is 10.6 Å². The minimum atomic E-state index is -0.103. The van der Waals surface area contributed by atoms with Crippen LogP contribution < -0.4 is 10.6 Å². The van der Waals surface area contributed by atoms with E-state index < -0.39 is 0 Å². The van der Waals surface area contributed by atoms with Crippen molar-refractivity contribution in [2.24, 2.45) is 0 Å². The predicted molar refractivity (Wildman–Crippen MR) is 77.3 cm³/mol. The van der Waals surface area contributed by atoms with Crippen molar-refractivity contribution >= 4 is 41.0 Å². The van der Waals surface area contributed by atoms with Crippen LogP contribution in [0, 0.1) is 0 Å². The van der Waals surface area contributed by atoms with E-state index in [1.54, 1.807) is 17.8 Å². The molecule has 3 nitrogen and oxygen atoms in total. The fourth-order valence-electron chi connectivity index (χ4n) is 1.79. The highest BCUT2D eigenvalue weighted by Gasteiger charge is 2.22. The van der Waals surface area contributed by atoms with Crippen molar-refractivity contribution in [1.29, 1.82) is 0 Å². The van der Waals surface area contributed by atoms with Crippen LogP contribution >= 0.6 is 35.0 Å². The first kappa shape index (κ1) is 13.8. The van der Waals surface area contributed by atoms with Gasteiger partial charge >= 0.3 is 6.03 Å². The van der Waals surface area contributed by atoms with Gasteiger partial charge in [0.25, 0.3) is 0 Å². The quantitative estimate of drug-likeness (QED) is 0.895. The zero-order valence-corrected chi connectivity index (χ0v) is 12.2. The number of carbonyl (C=O) groups is 1. The minimum Gasteiger partial charge on any atom is -0.336 e. The smallest absolute Gasteiger partial charge is 0.315 e. The van der Waals surface area contributed by atoms with E-state index in [0.29, 0.717) is 10.0 Å². The van der Waals surface area contributed by atoms with Gasteiger partial charge in [0.05, 0.1) is 5.37 Å². The minimum absolute atomic E-state index is 0.103. The molecule has 6 heteroatoms. The van der Waals surface area contributed by atoms with Crippen LogP contribution in [0.1, 0.15) is 18.9 Å². The maximum atomic E-state index is 11.3. The van der Waals surface area contributed by atoms with Gasteiger partial charge in [0.15, 0.2) is 0 Å². The van der Waals surface area contributed by atoms with E-state index in [4.69, 9.17) is 23.2 Å². The Balaban J connectivity index is 1.93. The topological polar surface area (TPSA) is 41.1 Å². The lowest BCUT2D eigenvalue weighted by Crippen LogP contribution is -2.52. The molecule has 0 bridgehead atoms. The van der Waals surface area contributed by atoms with E-state index in [9.17, 15) is 4.79 Å². The Bertz CT molecular complexity index is 456. The fourth-order valence-corrected chi connectivity index (χ4v) is 3.59. The number of carbonyl (C=O) groups excluding carboxylic acids is 1. The average Bonchev–Trinajstić information content (AvgIpc) is 2.26. The van der Waals surface area contributed by atoms with Gasteiger partial charge in [-0.2, -0.15) is 0 Å². The molecule has 0 saturated carbocycles. The molecule has 1 saturated heterocycles. The maximum absolute atomic E-state index is 11.3. The first-order valence-electron chi connectivity index (χ1n) is 5.67. The third kappa shape index (κ3) is 3.70. The zero-order chi connectivity index (χ0) is 13.1. The Labute approximate surface area is 121 Å². The van der Waals surface area contributed by atoms with E-state index in [1.165, 1.54) is 0 Å². The lowest BCUT2D eigenvalue weighted by molar-refractivity contribution is 0.228. The first-order chi connectivity index (χ1) is 8.54. The molecule has 2 N–H and O–H groups in total. The van der Waals surface area contributed by atoms with E-state index >= 15 is 0 Å². The second-order valence-electron chi connectivity index (χ2n) is 4.29. The van der Waals surface area contributed by atoms with Crippen LogP contribution in [-0.2, 0) is 5.75 Å². The third-order valence-electron chi connectivity index (χ3n) is 2.69. The van der Waals surface area contributed by atoms with Crippen molar-refractivity contribution < 1.29 is 4.79 Å². The molecule has 2 atom stereocenters. The molecule has 0 spiro atoms. The molecular formula is C12H14Cl2N2OS. The van der Waals surface area contributed by atoms with Gasteiger partial charge in [-0.3, -0.25) is 0 Å². The molecular weight excluding hydrogens is 291 g/mol. The SMILES string of the molecule is CC1CC(SCc2ccc(Cl)cc2Cl)NC(=O)N1. The summed E-state index contributed by atoms with van der Waals surface area (Å²) in [6.07, 6.45) is 0.904. The molecule has 2 unspecified atom stereocenters. The number of hydrogen-bond acceptors (Lipinski definition) is 2. The molecule has 18 heavy (non-hydrogen) atoms. The summed E-state index contributed by atoms with van der Waals surface area (Å²) in [4.78, 5) is 11.3. The van der Waals surface area contributed by atoms with E-state index in [1.807, 2.05) is 19.1 Å². The summed E-state index contributed by atoms with van der Waals surface area (Å²) >= 11 is 13.6. The van der Waals surface area contributed by atoms with Gasteiger partial charge in [0.1, 0.15) is 0 Å². The van der Waals surface area contributed by atoms with E-state index in [2.05, 4.69) is 10.6 Å². The number of halogens is 2. The van der Waals surface area contributed by atoms with Crippen LogP contribution in [0.5, 0.6) is 0 Å². The second-order valence-corrected chi connectivity index (χ2v) is 6.32. The van der Waals surface area contributed by atoms with Gasteiger partial charge in [0.2, 0.25) is 0 Å². The molecule has 0 radical (unpaired) electrons. The molecule has 1 aliphatic heterocycles. The van der Waals surface area contributed by atoms with Gasteiger partial charge in [-0.05, 0) is 31.0 Å². The molecule has 2 rings (SSSR count). The van der Waals surface area contributed by atoms with Crippen LogP contribution in [0.25, 0.3) is 0 Å². The number of rotatable bonds is 3. The number of hydrogen-bond donors (Lipinski definition) is 2. The van der Waals surface area contributed by atoms with Crippen LogP contribution in [0.3, 0.4) is 0 Å². The van der Waals surface area contributed by atoms with Crippen molar-refractivity contribution in [2.75, 3.05) is 0 Å². The molecule has 98 valence electrons. The van der Waals surface area contributed by atoms with Crippen molar-refractivity contribution in [1.82, 2.24) is 10.6 Å². The van der Waals surface area contributed by atoms with Crippen LogP contribution in [0.2, 0.25) is 10.0 Å². The predicted octanol–water partition coefficient (Wildman–Crippen LogP) is 3.64. The Morgan fingerprint density at radius 2 is 2.17 bits per heavy atom. The summed E-state index contributed by atoms with van der Waals surface area (Å²) in [7, 11) is 0. The normalized spacial score (nSPS) is 23.4. The highest BCUT2D eigenvalue weighted by molar-refractivity contribution is 7.99. The second kappa shape index (κ2) is 6.04. The van der Waals surface area contributed by atoms with Crippen molar-refractivity contribution in [3.63, 3.8) is 0 Å². The van der Waals surface area contributed by atoms with Gasteiger partial charge in [-0.15, -0.1) is 11.8 Å². The van der Waals surface area contributed by atoms with Gasteiger partial charge in [-0.1, -0.05) is 29.3 Å². The molecule has 1 aromatic carbocycles. The molecule has 1 fully saturated rings. The average molecular weight is 305 g/mol. The Morgan fingerprint density at radius 3 is 2.83 bits per heavy atom. The van der Waals surface area contributed by atoms with Gasteiger partial charge in [0, 0.05) is 21.8 Å². The van der Waals surface area contributed by atoms with E-state index in [-0.39, 0.29) is 17.4 Å². The third-order valence-corrected chi connectivity index (χ3v) is 4.47. The van der Waals surface area contributed by atoms with Crippen molar-refractivity contribution in [3.8, 4) is 0 Å². The van der Waals surface area contributed by atoms with Crippen molar-refractivity contribution in [3.05, 3.63) is 33.8 Å². The molecule has 2 amide bonds. The van der Waals surface area contributed by atoms with Crippen LogP contribution in [0.15, 0.2) is 18.2 Å². The first-order valence-corrected chi connectivity index (χ1v) is 7.47. The summed E-state index contributed by atoms with van der Waals surface area (Å²) in [6.45, 7) is 2.00. The molecule has 1 aliphatic rings. The summed E-state index contributed by atoms with van der Waals surface area (Å²) in [5.74, 6) is 0.758. The lowest BCUT2D eigenvalue weighted by atomic mass is 10.2. The monoisotopic (exact) mass is 304 g/mol. The maximum Gasteiger partial charge on any atom is 0.315 e. The largest absolute Gasteiger partial charge is 0.336 e. The van der Waals surface area contributed by atoms with Crippen LogP contribution in [-0.4, -0.2) is 17.4 Å². The molecule has 1 aromatic rings. The Morgan fingerprint density at radius 1 is 1.39 bits per heavy atom. The number of nitrogens with one attached hydrogen (secondary N) is 2. The Hall–Kier alpha value is -0.580. The molecule has 0 aromatic heterocycles. The molecule has 1 heterocycles. The van der Waals surface area contributed by atoms with Gasteiger partial charge in [-0.25, -0.2) is 4.79 Å². The fraction of sp³-hybridized carbons (Fsp3) is 0.417. The zero-order valence-electron chi connectivity index (χ0n) is 9.87. The number of thioether (sulfide) groups is 1. The highest BCUT2D eigenvalue weighted by atomic mass is 35.5. The summed E-state index contributed by atoms with van der Waals surface area (Å²) in [6, 6.07) is 5.59. The van der Waals surface area contributed by atoms with Crippen molar-refractivity contribution in [2.45, 2.75) is 30.5 Å². The Kier molecular flexibility index (Phi) is 4.65. The number of benzene rings is 1. The number of amides is 2. The molecule has 0 aliphatic carbocycles. The van der Waals surface area contributed by atoms with Crippen LogP contribution in [0.4, 0.5) is 4.79 Å². The summed E-state index contributed by atoms with van der Waals surface area (Å²) in [5.41, 5.74) is 1.03. The standard InChI is InChI=1S/C12H14Cl2N2OS/c1-7-4-11(16-12(17)15-7)18-6-8-2-3-9(13)5-10(8)14/h2-3,5,7,11H,4,6H2,1H3,(H2,15,16,17). The summed E-state index contributed by atoms with van der Waals surface area (Å²) in [5, 5.41) is 7.14. The highest BCUT2D eigenvalue weighted by Crippen LogP contribution is 2.27. The van der Waals surface area contributed by atoms with E-state index in [0.717, 1.165) is 17.7 Å². The lowest BCUT2D eigenvalue weighted by Gasteiger charge is -2.28. The number of urea groups is 1. The summed E-state index contributed by atoms with van der Waals surface area (Å²) < 4.78 is 0.